The van der Waals surface area contributed by atoms with E-state index in [-0.39, 0.29) is 24.5 Å². The van der Waals surface area contributed by atoms with Crippen LogP contribution in [0.1, 0.15) is 27.7 Å². The van der Waals surface area contributed by atoms with Crippen LogP contribution < -0.4 is 10.2 Å². The molecule has 0 aromatic heterocycles. The smallest absolute Gasteiger partial charge is 0.249 e. The predicted octanol–water partition coefficient (Wildman–Crippen LogP) is 3.81. The van der Waals surface area contributed by atoms with Crippen molar-refractivity contribution in [3.8, 4) is 11.5 Å². The molecule has 26 heavy (non-hydrogen) atoms. The molecule has 0 heterocycles. The van der Waals surface area contributed by atoms with E-state index in [0.29, 0.717) is 11.5 Å². The number of ether oxygens (including phenoxy) is 1. The van der Waals surface area contributed by atoms with E-state index in [0.717, 1.165) is 0 Å². The monoisotopic (exact) mass is 379 g/mol. The standard InChI is InChI=1S/C18H21NO5S.CH4/c1-18(2,17(20)19-21)12-13-25(22,23)16-10-8-15(9-11-16)24-14-6-4-3-5-7-14;/h3-11,21H,12-13H2,1-2H3,(H,19,20);1H4. The van der Waals surface area contributed by atoms with E-state index in [2.05, 4.69) is 0 Å². The Kier molecular flexibility index (Phi) is 7.35. The minimum atomic E-state index is -3.54. The topological polar surface area (TPSA) is 92.7 Å². The molecule has 2 rings (SSSR count). The number of carbonyl (C=O) groups is 1. The summed E-state index contributed by atoms with van der Waals surface area (Å²) in [4.78, 5) is 11.7. The third kappa shape index (κ3) is 5.57. The Morgan fingerprint density at radius 2 is 1.58 bits per heavy atom. The van der Waals surface area contributed by atoms with E-state index >= 15 is 0 Å². The highest BCUT2D eigenvalue weighted by molar-refractivity contribution is 7.91. The average molecular weight is 379 g/mol. The Morgan fingerprint density at radius 3 is 2.12 bits per heavy atom. The molecule has 0 saturated heterocycles. The van der Waals surface area contributed by atoms with Crippen molar-refractivity contribution in [1.82, 2.24) is 5.48 Å². The van der Waals surface area contributed by atoms with Crippen LogP contribution in [0.15, 0.2) is 59.5 Å². The molecular formula is C19H25NO5S. The van der Waals surface area contributed by atoms with Crippen molar-refractivity contribution in [2.45, 2.75) is 32.6 Å². The molecule has 0 atom stereocenters. The summed E-state index contributed by atoms with van der Waals surface area (Å²) in [5, 5.41) is 8.71. The van der Waals surface area contributed by atoms with Gasteiger partial charge in [0.05, 0.1) is 10.6 Å². The van der Waals surface area contributed by atoms with Crippen molar-refractivity contribution in [3.05, 3.63) is 54.6 Å². The second-order valence-electron chi connectivity index (χ2n) is 6.28. The SMILES string of the molecule is C.CC(C)(CCS(=O)(=O)c1ccc(Oc2ccccc2)cc1)C(=O)NO. The highest BCUT2D eigenvalue weighted by atomic mass is 32.2. The van der Waals surface area contributed by atoms with Gasteiger partial charge >= 0.3 is 0 Å². The third-order valence-corrected chi connectivity index (χ3v) is 5.61. The molecule has 1 amide bonds. The minimum Gasteiger partial charge on any atom is -0.457 e. The van der Waals surface area contributed by atoms with E-state index in [1.165, 1.54) is 12.1 Å². The molecule has 6 nitrogen and oxygen atoms in total. The van der Waals surface area contributed by atoms with Crippen LogP contribution in [0.3, 0.4) is 0 Å². The molecule has 2 aromatic rings. The van der Waals surface area contributed by atoms with Gasteiger partial charge in [-0.25, -0.2) is 13.9 Å². The maximum absolute atomic E-state index is 12.4. The molecule has 0 saturated carbocycles. The summed E-state index contributed by atoms with van der Waals surface area (Å²) < 4.78 is 30.5. The molecule has 7 heteroatoms. The molecular weight excluding hydrogens is 354 g/mol. The normalized spacial score (nSPS) is 11.3. The molecule has 142 valence electrons. The second-order valence-corrected chi connectivity index (χ2v) is 8.39. The number of hydrogen-bond acceptors (Lipinski definition) is 5. The lowest BCUT2D eigenvalue weighted by molar-refractivity contribution is -0.138. The summed E-state index contributed by atoms with van der Waals surface area (Å²) >= 11 is 0. The summed E-state index contributed by atoms with van der Waals surface area (Å²) in [6.07, 6.45) is 0.0873. The third-order valence-electron chi connectivity index (χ3n) is 3.87. The number of hydrogen-bond donors (Lipinski definition) is 2. The zero-order valence-corrected chi connectivity index (χ0v) is 14.9. The lowest BCUT2D eigenvalue weighted by Crippen LogP contribution is -2.36. The van der Waals surface area contributed by atoms with Gasteiger partial charge in [-0.05, 0) is 42.8 Å². The highest BCUT2D eigenvalue weighted by Crippen LogP contribution is 2.26. The Balaban J connectivity index is 0.00000338. The minimum absolute atomic E-state index is 0. The zero-order valence-electron chi connectivity index (χ0n) is 14.1. The van der Waals surface area contributed by atoms with Crippen LogP contribution in [-0.4, -0.2) is 25.3 Å². The number of nitrogens with one attached hydrogen (secondary N) is 1. The molecule has 0 aliphatic carbocycles. The Hall–Kier alpha value is -2.38. The van der Waals surface area contributed by atoms with E-state index < -0.39 is 21.2 Å². The fraction of sp³-hybridized carbons (Fsp3) is 0.316. The van der Waals surface area contributed by atoms with Gasteiger partial charge in [-0.3, -0.25) is 10.0 Å². The van der Waals surface area contributed by atoms with Gasteiger partial charge in [-0.15, -0.1) is 0 Å². The van der Waals surface area contributed by atoms with Gasteiger partial charge in [-0.1, -0.05) is 39.5 Å². The van der Waals surface area contributed by atoms with Crippen LogP contribution in [0, 0.1) is 5.41 Å². The number of amides is 1. The van der Waals surface area contributed by atoms with Gasteiger partial charge in [0, 0.05) is 5.41 Å². The van der Waals surface area contributed by atoms with Crippen molar-refractivity contribution in [3.63, 3.8) is 0 Å². The van der Waals surface area contributed by atoms with Crippen LogP contribution in [0.25, 0.3) is 0 Å². The Bertz CT molecular complexity index is 815. The lowest BCUT2D eigenvalue weighted by atomic mass is 9.89. The second kappa shape index (κ2) is 8.82. The molecule has 0 aliphatic rings. The van der Waals surface area contributed by atoms with E-state index in [1.54, 1.807) is 43.6 Å². The first-order valence-electron chi connectivity index (χ1n) is 7.75. The maximum atomic E-state index is 12.4. The van der Waals surface area contributed by atoms with Gasteiger partial charge in [0.1, 0.15) is 11.5 Å². The fourth-order valence-corrected chi connectivity index (χ4v) is 3.68. The summed E-state index contributed by atoms with van der Waals surface area (Å²) in [5.74, 6) is 0.376. The van der Waals surface area contributed by atoms with Crippen molar-refractivity contribution in [2.75, 3.05) is 5.75 Å². The predicted molar refractivity (Wildman–Crippen MR) is 100 cm³/mol. The van der Waals surface area contributed by atoms with Crippen LogP contribution in [-0.2, 0) is 14.6 Å². The van der Waals surface area contributed by atoms with Gasteiger partial charge in [-0.2, -0.15) is 0 Å². The maximum Gasteiger partial charge on any atom is 0.249 e. The molecule has 0 bridgehead atoms. The largest absolute Gasteiger partial charge is 0.457 e. The summed E-state index contributed by atoms with van der Waals surface area (Å²) in [6.45, 7) is 3.15. The molecule has 2 aromatic carbocycles. The van der Waals surface area contributed by atoms with Gasteiger partial charge in [0.2, 0.25) is 5.91 Å². The number of benzene rings is 2. The molecule has 2 N–H and O–H groups in total. The number of sulfone groups is 1. The summed E-state index contributed by atoms with van der Waals surface area (Å²) in [5.41, 5.74) is 0.574. The van der Waals surface area contributed by atoms with E-state index in [4.69, 9.17) is 9.94 Å². The molecule has 0 unspecified atom stereocenters. The van der Waals surface area contributed by atoms with Crippen molar-refractivity contribution in [1.29, 1.82) is 0 Å². The Morgan fingerprint density at radius 1 is 1.04 bits per heavy atom. The number of para-hydroxylation sites is 1. The fourth-order valence-electron chi connectivity index (χ4n) is 2.11. The molecule has 0 aliphatic heterocycles. The van der Waals surface area contributed by atoms with Crippen LogP contribution in [0.5, 0.6) is 11.5 Å². The lowest BCUT2D eigenvalue weighted by Gasteiger charge is -2.21. The van der Waals surface area contributed by atoms with Crippen molar-refractivity contribution >= 4 is 15.7 Å². The number of hydroxylamine groups is 1. The molecule has 0 fully saturated rings. The van der Waals surface area contributed by atoms with E-state index in [1.807, 2.05) is 18.2 Å². The van der Waals surface area contributed by atoms with Crippen LogP contribution >= 0.6 is 0 Å². The quantitative estimate of drug-likeness (QED) is 0.564. The first-order valence-corrected chi connectivity index (χ1v) is 9.40. The van der Waals surface area contributed by atoms with Crippen molar-refractivity contribution < 1.29 is 23.2 Å². The van der Waals surface area contributed by atoms with Crippen molar-refractivity contribution in [2.24, 2.45) is 5.41 Å². The molecule has 0 radical (unpaired) electrons. The van der Waals surface area contributed by atoms with Gasteiger partial charge in [0.25, 0.3) is 0 Å². The summed E-state index contributed by atoms with van der Waals surface area (Å²) in [7, 11) is -3.54. The Labute approximate surface area is 154 Å². The molecule has 0 spiro atoms. The first-order chi connectivity index (χ1) is 11.7. The van der Waals surface area contributed by atoms with Crippen LogP contribution in [0.2, 0.25) is 0 Å². The zero-order chi connectivity index (χ0) is 18.5. The van der Waals surface area contributed by atoms with Crippen LogP contribution in [0.4, 0.5) is 0 Å². The van der Waals surface area contributed by atoms with Gasteiger partial charge < -0.3 is 4.74 Å². The average Bonchev–Trinajstić information content (AvgIpc) is 2.61. The number of carbonyl (C=O) groups excluding carboxylic acids is 1. The van der Waals surface area contributed by atoms with E-state index in [9.17, 15) is 13.2 Å². The first kappa shape index (κ1) is 21.7. The van der Waals surface area contributed by atoms with Gasteiger partial charge in [0.15, 0.2) is 9.84 Å². The summed E-state index contributed by atoms with van der Waals surface area (Å²) in [6, 6.07) is 15.3. The highest BCUT2D eigenvalue weighted by Gasteiger charge is 2.29. The number of rotatable bonds is 7.